The van der Waals surface area contributed by atoms with Gasteiger partial charge in [-0.1, -0.05) is 0 Å². The summed E-state index contributed by atoms with van der Waals surface area (Å²) in [6, 6.07) is 1.60. The Morgan fingerprint density at radius 2 is 2.00 bits per heavy atom. The number of hydrogen-bond acceptors (Lipinski definition) is 7. The van der Waals surface area contributed by atoms with Crippen LogP contribution in [-0.2, 0) is 14.3 Å². The first-order valence-electron chi connectivity index (χ1n) is 5.16. The predicted octanol–water partition coefficient (Wildman–Crippen LogP) is 1.79. The van der Waals surface area contributed by atoms with Crippen molar-refractivity contribution in [2.24, 2.45) is 0 Å². The number of thioether (sulfide) groups is 1. The van der Waals surface area contributed by atoms with Crippen molar-refractivity contribution in [3.63, 3.8) is 0 Å². The number of benzene rings is 1. The zero-order valence-electron chi connectivity index (χ0n) is 10.5. The van der Waals surface area contributed by atoms with E-state index >= 15 is 0 Å². The van der Waals surface area contributed by atoms with E-state index in [-0.39, 0.29) is 10.6 Å². The summed E-state index contributed by atoms with van der Waals surface area (Å²) in [7, 11) is 2.23. The van der Waals surface area contributed by atoms with Gasteiger partial charge in [0.1, 0.15) is 5.82 Å². The molecule has 0 aromatic heterocycles. The third kappa shape index (κ3) is 3.67. The van der Waals surface area contributed by atoms with Crippen LogP contribution < -0.4 is 0 Å². The highest BCUT2D eigenvalue weighted by molar-refractivity contribution is 8.00. The van der Waals surface area contributed by atoms with Crippen molar-refractivity contribution in [2.75, 3.05) is 20.0 Å². The monoisotopic (exact) mass is 303 g/mol. The van der Waals surface area contributed by atoms with Crippen molar-refractivity contribution in [2.45, 2.75) is 4.90 Å². The second-order valence-corrected chi connectivity index (χ2v) is 4.43. The number of halogens is 1. The molecule has 0 amide bonds. The molecular formula is C11H10FNO6S. The van der Waals surface area contributed by atoms with E-state index in [0.29, 0.717) is 6.07 Å². The molecule has 0 fully saturated rings. The number of rotatable bonds is 5. The van der Waals surface area contributed by atoms with E-state index < -0.39 is 33.9 Å². The number of nitrogens with zero attached hydrogens (tertiary/aromatic N) is 1. The summed E-state index contributed by atoms with van der Waals surface area (Å²) < 4.78 is 22.4. The minimum atomic E-state index is -1.06. The van der Waals surface area contributed by atoms with Gasteiger partial charge >= 0.3 is 11.9 Å². The largest absolute Gasteiger partial charge is 0.468 e. The number of carbonyl (C=O) groups is 2. The zero-order valence-corrected chi connectivity index (χ0v) is 11.4. The lowest BCUT2D eigenvalue weighted by Gasteiger charge is -2.06. The second-order valence-electron chi connectivity index (χ2n) is 3.41. The van der Waals surface area contributed by atoms with Crippen molar-refractivity contribution in [3.05, 3.63) is 33.6 Å². The van der Waals surface area contributed by atoms with Gasteiger partial charge < -0.3 is 9.47 Å². The van der Waals surface area contributed by atoms with Crippen molar-refractivity contribution >= 4 is 29.4 Å². The van der Waals surface area contributed by atoms with Crippen molar-refractivity contribution in [1.82, 2.24) is 0 Å². The number of methoxy groups -OCH3 is 2. The molecule has 1 aromatic rings. The van der Waals surface area contributed by atoms with Gasteiger partial charge in [0.15, 0.2) is 0 Å². The molecule has 0 unspecified atom stereocenters. The Hall–Kier alpha value is -2.16. The second kappa shape index (κ2) is 6.85. The normalized spacial score (nSPS) is 9.95. The van der Waals surface area contributed by atoms with E-state index in [9.17, 15) is 24.1 Å². The zero-order chi connectivity index (χ0) is 15.3. The maximum absolute atomic E-state index is 13.6. The Kier molecular flexibility index (Phi) is 5.44. The van der Waals surface area contributed by atoms with Gasteiger partial charge in [-0.15, -0.1) is 11.8 Å². The highest BCUT2D eigenvalue weighted by Crippen LogP contribution is 2.32. The standard InChI is InChI=1S/C11H10FNO6S/c1-18-10(14)5-20-9-3-6(11(15)19-2)7(12)4-8(9)13(16)17/h3-4H,5H2,1-2H3. The molecule has 1 rings (SSSR count). The van der Waals surface area contributed by atoms with Crippen molar-refractivity contribution < 1.29 is 28.4 Å². The van der Waals surface area contributed by atoms with Crippen LogP contribution in [0.3, 0.4) is 0 Å². The van der Waals surface area contributed by atoms with Crippen LogP contribution in [0.2, 0.25) is 0 Å². The van der Waals surface area contributed by atoms with E-state index in [1.165, 1.54) is 7.11 Å². The maximum Gasteiger partial charge on any atom is 0.340 e. The highest BCUT2D eigenvalue weighted by atomic mass is 32.2. The van der Waals surface area contributed by atoms with Crippen LogP contribution in [0.15, 0.2) is 17.0 Å². The van der Waals surface area contributed by atoms with E-state index in [4.69, 9.17) is 0 Å². The Labute approximate surface area is 117 Å². The molecule has 0 aliphatic carbocycles. The Morgan fingerprint density at radius 3 is 2.50 bits per heavy atom. The fraction of sp³-hybridized carbons (Fsp3) is 0.273. The number of esters is 2. The SMILES string of the molecule is COC(=O)CSc1cc(C(=O)OC)c(F)cc1[N+](=O)[O-]. The molecular weight excluding hydrogens is 293 g/mol. The minimum Gasteiger partial charge on any atom is -0.468 e. The van der Waals surface area contributed by atoms with Crippen LogP contribution in [0.5, 0.6) is 0 Å². The molecule has 0 heterocycles. The lowest BCUT2D eigenvalue weighted by atomic mass is 10.2. The molecule has 0 bridgehead atoms. The summed E-state index contributed by atoms with van der Waals surface area (Å²) in [4.78, 5) is 32.4. The van der Waals surface area contributed by atoms with Crippen molar-refractivity contribution in [3.8, 4) is 0 Å². The van der Waals surface area contributed by atoms with Crippen LogP contribution in [0.25, 0.3) is 0 Å². The highest BCUT2D eigenvalue weighted by Gasteiger charge is 2.23. The summed E-state index contributed by atoms with van der Waals surface area (Å²) in [5, 5.41) is 10.8. The first kappa shape index (κ1) is 15.9. The third-order valence-corrected chi connectivity index (χ3v) is 3.24. The summed E-state index contributed by atoms with van der Waals surface area (Å²) >= 11 is 0.768. The van der Waals surface area contributed by atoms with Crippen LogP contribution >= 0.6 is 11.8 Å². The van der Waals surface area contributed by atoms with Crippen molar-refractivity contribution in [1.29, 1.82) is 0 Å². The van der Waals surface area contributed by atoms with Crippen LogP contribution in [0.4, 0.5) is 10.1 Å². The molecule has 0 aliphatic rings. The van der Waals surface area contributed by atoms with Gasteiger partial charge in [-0.25, -0.2) is 9.18 Å². The molecule has 0 atom stereocenters. The third-order valence-electron chi connectivity index (χ3n) is 2.22. The maximum atomic E-state index is 13.6. The van der Waals surface area contributed by atoms with Crippen LogP contribution in [0, 0.1) is 15.9 Å². The molecule has 20 heavy (non-hydrogen) atoms. The van der Waals surface area contributed by atoms with Gasteiger partial charge in [-0.05, 0) is 6.07 Å². The van der Waals surface area contributed by atoms with Gasteiger partial charge in [0.2, 0.25) is 0 Å². The van der Waals surface area contributed by atoms with Gasteiger partial charge in [0.05, 0.1) is 41.4 Å². The molecule has 1 aromatic carbocycles. The molecule has 0 N–H and O–H groups in total. The van der Waals surface area contributed by atoms with Gasteiger partial charge in [-0.2, -0.15) is 0 Å². The molecule has 7 nitrogen and oxygen atoms in total. The summed E-state index contributed by atoms with van der Waals surface area (Å²) in [6.07, 6.45) is 0. The number of ether oxygens (including phenoxy) is 2. The smallest absolute Gasteiger partial charge is 0.340 e. The quantitative estimate of drug-likeness (QED) is 0.354. The number of nitro benzene ring substituents is 1. The number of nitro groups is 1. The van der Waals surface area contributed by atoms with Gasteiger partial charge in [0, 0.05) is 0 Å². The van der Waals surface area contributed by atoms with Gasteiger partial charge in [0.25, 0.3) is 5.69 Å². The summed E-state index contributed by atoms with van der Waals surface area (Å²) in [5.41, 5.74) is -0.977. The number of carbonyl (C=O) groups excluding carboxylic acids is 2. The summed E-state index contributed by atoms with van der Waals surface area (Å²) in [6.45, 7) is 0. The molecule has 0 saturated heterocycles. The predicted molar refractivity (Wildman–Crippen MR) is 67.1 cm³/mol. The van der Waals surface area contributed by atoms with Crippen LogP contribution in [-0.4, -0.2) is 36.8 Å². The molecule has 108 valence electrons. The average molecular weight is 303 g/mol. The fourth-order valence-corrected chi connectivity index (χ4v) is 2.14. The first-order chi connectivity index (χ1) is 9.40. The van der Waals surface area contributed by atoms with Crippen LogP contribution in [0.1, 0.15) is 10.4 Å². The van der Waals surface area contributed by atoms with Gasteiger partial charge in [-0.3, -0.25) is 14.9 Å². The Bertz CT molecular complexity index is 562. The summed E-state index contributed by atoms with van der Waals surface area (Å²) in [5.74, 6) is -2.83. The lowest BCUT2D eigenvalue weighted by Crippen LogP contribution is -2.07. The fourth-order valence-electron chi connectivity index (χ4n) is 1.26. The van der Waals surface area contributed by atoms with E-state index in [0.717, 1.165) is 24.9 Å². The molecule has 0 spiro atoms. The molecule has 0 saturated carbocycles. The molecule has 0 aliphatic heterocycles. The Morgan fingerprint density at radius 1 is 1.35 bits per heavy atom. The lowest BCUT2D eigenvalue weighted by molar-refractivity contribution is -0.387. The number of hydrogen-bond donors (Lipinski definition) is 0. The molecule has 0 radical (unpaired) electrons. The topological polar surface area (TPSA) is 95.7 Å². The first-order valence-corrected chi connectivity index (χ1v) is 6.15. The Balaban J connectivity index is 3.20. The van der Waals surface area contributed by atoms with E-state index in [1.54, 1.807) is 0 Å². The average Bonchev–Trinajstić information content (AvgIpc) is 2.44. The minimum absolute atomic E-state index is 0.0257. The molecule has 9 heteroatoms. The van der Waals surface area contributed by atoms with E-state index in [2.05, 4.69) is 9.47 Å². The van der Waals surface area contributed by atoms with E-state index in [1.807, 2.05) is 0 Å².